The van der Waals surface area contributed by atoms with E-state index in [-0.39, 0.29) is 21.7 Å². The van der Waals surface area contributed by atoms with Crippen LogP contribution < -0.4 is 10.0 Å². The normalized spacial score (nSPS) is 10.9. The SMILES string of the molecule is Cc1ccc(NS(=O)(=O)c2cccc(C(=O)Nc3ccccc3C(=O)O)c2)cc1. The Hall–Kier alpha value is -3.65. The van der Waals surface area contributed by atoms with Gasteiger partial charge in [-0.25, -0.2) is 13.2 Å². The maximum Gasteiger partial charge on any atom is 0.337 e. The van der Waals surface area contributed by atoms with Crippen LogP contribution >= 0.6 is 0 Å². The molecule has 3 aromatic rings. The molecule has 0 aliphatic heterocycles. The Kier molecular flexibility index (Phi) is 5.65. The van der Waals surface area contributed by atoms with Gasteiger partial charge in [-0.15, -0.1) is 0 Å². The van der Waals surface area contributed by atoms with Gasteiger partial charge < -0.3 is 10.4 Å². The van der Waals surface area contributed by atoms with E-state index >= 15 is 0 Å². The van der Waals surface area contributed by atoms with Gasteiger partial charge in [0.15, 0.2) is 0 Å². The number of carbonyl (C=O) groups excluding carboxylic acids is 1. The average Bonchev–Trinajstić information content (AvgIpc) is 2.70. The van der Waals surface area contributed by atoms with Crippen LogP contribution in [-0.2, 0) is 10.0 Å². The van der Waals surface area contributed by atoms with E-state index in [1.807, 2.05) is 6.92 Å². The Morgan fingerprint density at radius 2 is 1.59 bits per heavy atom. The molecule has 7 nitrogen and oxygen atoms in total. The summed E-state index contributed by atoms with van der Waals surface area (Å²) in [5, 5.41) is 11.7. The first-order valence-corrected chi connectivity index (χ1v) is 10.1. The summed E-state index contributed by atoms with van der Waals surface area (Å²) in [6, 6.07) is 18.3. The fourth-order valence-corrected chi connectivity index (χ4v) is 3.72. The highest BCUT2D eigenvalue weighted by Crippen LogP contribution is 2.20. The summed E-state index contributed by atoms with van der Waals surface area (Å²) in [6.07, 6.45) is 0. The number of carboxylic acids is 1. The zero-order valence-electron chi connectivity index (χ0n) is 15.4. The summed E-state index contributed by atoms with van der Waals surface area (Å²) in [6.45, 7) is 1.89. The number of hydrogen-bond acceptors (Lipinski definition) is 4. The smallest absolute Gasteiger partial charge is 0.337 e. The van der Waals surface area contributed by atoms with Gasteiger partial charge in [0.2, 0.25) is 0 Å². The van der Waals surface area contributed by atoms with E-state index in [4.69, 9.17) is 0 Å². The topological polar surface area (TPSA) is 113 Å². The molecular formula is C21H18N2O5S. The molecule has 0 atom stereocenters. The molecule has 0 bridgehead atoms. The second kappa shape index (κ2) is 8.15. The third-order valence-corrected chi connectivity index (χ3v) is 5.49. The quantitative estimate of drug-likeness (QED) is 0.573. The number of aryl methyl sites for hydroxylation is 1. The van der Waals surface area contributed by atoms with Crippen molar-refractivity contribution in [2.75, 3.05) is 10.0 Å². The number of rotatable bonds is 6. The third kappa shape index (κ3) is 4.80. The van der Waals surface area contributed by atoms with Gasteiger partial charge in [-0.3, -0.25) is 9.52 Å². The minimum Gasteiger partial charge on any atom is -0.478 e. The first kappa shape index (κ1) is 20.1. The largest absolute Gasteiger partial charge is 0.478 e. The van der Waals surface area contributed by atoms with Crippen LogP contribution in [0.5, 0.6) is 0 Å². The van der Waals surface area contributed by atoms with Crippen LogP contribution in [-0.4, -0.2) is 25.4 Å². The molecule has 0 aliphatic rings. The second-order valence-electron chi connectivity index (χ2n) is 6.30. The lowest BCUT2D eigenvalue weighted by Crippen LogP contribution is -2.17. The lowest BCUT2D eigenvalue weighted by atomic mass is 10.1. The summed E-state index contributed by atoms with van der Waals surface area (Å²) in [5.41, 5.74) is 1.53. The molecule has 0 heterocycles. The van der Waals surface area contributed by atoms with Crippen LogP contribution in [0, 0.1) is 6.92 Å². The fourth-order valence-electron chi connectivity index (χ4n) is 2.61. The summed E-state index contributed by atoms with van der Waals surface area (Å²) >= 11 is 0. The van der Waals surface area contributed by atoms with Crippen molar-refractivity contribution in [2.45, 2.75) is 11.8 Å². The predicted molar refractivity (Wildman–Crippen MR) is 110 cm³/mol. The summed E-state index contributed by atoms with van der Waals surface area (Å²) in [5.74, 6) is -1.80. The van der Waals surface area contributed by atoms with Gasteiger partial charge in [0, 0.05) is 11.3 Å². The number of aromatic carboxylic acids is 1. The third-order valence-electron chi connectivity index (χ3n) is 4.12. The highest BCUT2D eigenvalue weighted by Gasteiger charge is 2.18. The Labute approximate surface area is 168 Å². The van der Waals surface area contributed by atoms with E-state index in [2.05, 4.69) is 10.0 Å². The van der Waals surface area contributed by atoms with Gasteiger partial charge >= 0.3 is 5.97 Å². The summed E-state index contributed by atoms with van der Waals surface area (Å²) in [7, 11) is -3.90. The van der Waals surface area contributed by atoms with Crippen LogP contribution in [0.4, 0.5) is 11.4 Å². The van der Waals surface area contributed by atoms with Crippen LogP contribution in [0.3, 0.4) is 0 Å². The Bertz CT molecular complexity index is 1170. The minimum atomic E-state index is -3.90. The van der Waals surface area contributed by atoms with Crippen molar-refractivity contribution < 1.29 is 23.1 Å². The zero-order valence-corrected chi connectivity index (χ0v) is 16.2. The van der Waals surface area contributed by atoms with Gasteiger partial charge in [0.1, 0.15) is 0 Å². The van der Waals surface area contributed by atoms with Crippen molar-refractivity contribution in [1.82, 2.24) is 0 Å². The molecule has 0 saturated carbocycles. The van der Waals surface area contributed by atoms with Crippen LogP contribution in [0.15, 0.2) is 77.7 Å². The highest BCUT2D eigenvalue weighted by molar-refractivity contribution is 7.92. The lowest BCUT2D eigenvalue weighted by molar-refractivity contribution is 0.0698. The molecule has 0 saturated heterocycles. The van der Waals surface area contributed by atoms with E-state index < -0.39 is 21.9 Å². The molecule has 1 amide bonds. The molecule has 3 aromatic carbocycles. The molecular weight excluding hydrogens is 392 g/mol. The van der Waals surface area contributed by atoms with Crippen LogP contribution in [0.2, 0.25) is 0 Å². The number of sulfonamides is 1. The molecule has 0 unspecified atom stereocenters. The van der Waals surface area contributed by atoms with Crippen LogP contribution in [0.25, 0.3) is 0 Å². The van der Waals surface area contributed by atoms with Crippen molar-refractivity contribution in [3.05, 3.63) is 89.5 Å². The standard InChI is InChI=1S/C21H18N2O5S/c1-14-9-11-16(12-10-14)23-29(27,28)17-6-4-5-15(13-17)20(24)22-19-8-3-2-7-18(19)21(25)26/h2-13,23H,1H3,(H,22,24)(H,25,26). The number of carbonyl (C=O) groups is 2. The number of nitrogens with one attached hydrogen (secondary N) is 2. The molecule has 8 heteroatoms. The number of anilines is 2. The Morgan fingerprint density at radius 3 is 2.28 bits per heavy atom. The van der Waals surface area contributed by atoms with Crippen LogP contribution in [0.1, 0.15) is 26.3 Å². The molecule has 0 fully saturated rings. The monoisotopic (exact) mass is 410 g/mol. The maximum absolute atomic E-state index is 12.6. The number of amides is 1. The van der Waals surface area contributed by atoms with E-state index in [9.17, 15) is 23.1 Å². The van der Waals surface area contributed by atoms with Crippen molar-refractivity contribution in [2.24, 2.45) is 0 Å². The van der Waals surface area contributed by atoms with E-state index in [1.165, 1.54) is 36.4 Å². The first-order valence-electron chi connectivity index (χ1n) is 8.59. The summed E-state index contributed by atoms with van der Waals surface area (Å²) < 4.78 is 27.7. The van der Waals surface area contributed by atoms with Gasteiger partial charge in [0.25, 0.3) is 15.9 Å². The van der Waals surface area contributed by atoms with Crippen molar-refractivity contribution in [1.29, 1.82) is 0 Å². The van der Waals surface area contributed by atoms with E-state index in [0.717, 1.165) is 5.56 Å². The Balaban J connectivity index is 1.84. The maximum atomic E-state index is 12.6. The molecule has 3 N–H and O–H groups in total. The predicted octanol–water partition coefficient (Wildman–Crippen LogP) is 3.75. The molecule has 3 rings (SSSR count). The minimum absolute atomic E-state index is 0.0642. The number of hydrogen-bond donors (Lipinski definition) is 3. The van der Waals surface area contributed by atoms with Crippen molar-refractivity contribution in [3.8, 4) is 0 Å². The molecule has 29 heavy (non-hydrogen) atoms. The molecule has 0 spiro atoms. The number of para-hydroxylation sites is 1. The van der Waals surface area contributed by atoms with Gasteiger partial charge in [-0.05, 0) is 49.4 Å². The van der Waals surface area contributed by atoms with Gasteiger partial charge in [-0.2, -0.15) is 0 Å². The zero-order chi connectivity index (χ0) is 21.0. The molecule has 0 radical (unpaired) electrons. The summed E-state index contributed by atoms with van der Waals surface area (Å²) in [4.78, 5) is 23.7. The first-order chi connectivity index (χ1) is 13.8. The number of carboxylic acid groups (broad SMARTS) is 1. The van der Waals surface area contributed by atoms with E-state index in [0.29, 0.717) is 5.69 Å². The second-order valence-corrected chi connectivity index (χ2v) is 7.99. The molecule has 0 aromatic heterocycles. The van der Waals surface area contributed by atoms with E-state index in [1.54, 1.807) is 36.4 Å². The molecule has 0 aliphatic carbocycles. The van der Waals surface area contributed by atoms with Crippen molar-refractivity contribution >= 4 is 33.3 Å². The highest BCUT2D eigenvalue weighted by atomic mass is 32.2. The number of benzene rings is 3. The fraction of sp³-hybridized carbons (Fsp3) is 0.0476. The van der Waals surface area contributed by atoms with Gasteiger partial charge in [-0.1, -0.05) is 35.9 Å². The average molecular weight is 410 g/mol. The van der Waals surface area contributed by atoms with Crippen molar-refractivity contribution in [3.63, 3.8) is 0 Å². The Morgan fingerprint density at radius 1 is 0.897 bits per heavy atom. The lowest BCUT2D eigenvalue weighted by Gasteiger charge is -2.11. The van der Waals surface area contributed by atoms with Gasteiger partial charge in [0.05, 0.1) is 16.1 Å². The molecule has 148 valence electrons.